The third-order valence-electron chi connectivity index (χ3n) is 2.79. The second-order valence-corrected chi connectivity index (χ2v) is 5.02. The number of anilines is 1. The first-order valence-corrected chi connectivity index (χ1v) is 6.72. The van der Waals surface area contributed by atoms with Crippen LogP contribution in [-0.4, -0.2) is 26.1 Å². The second kappa shape index (κ2) is 5.36. The molecule has 0 aliphatic heterocycles. The van der Waals surface area contributed by atoms with Crippen molar-refractivity contribution in [2.24, 2.45) is 0 Å². The van der Waals surface area contributed by atoms with Crippen LogP contribution in [0.25, 0.3) is 11.0 Å². The molecule has 5 nitrogen and oxygen atoms in total. The number of halogens is 1. The van der Waals surface area contributed by atoms with Crippen molar-refractivity contribution < 1.29 is 0 Å². The first kappa shape index (κ1) is 12.1. The highest BCUT2D eigenvalue weighted by molar-refractivity contribution is 9.10. The van der Waals surface area contributed by atoms with Crippen molar-refractivity contribution in [1.29, 1.82) is 0 Å². The molecule has 0 aromatic carbocycles. The molecule has 3 aromatic heterocycles. The van der Waals surface area contributed by atoms with Crippen molar-refractivity contribution in [3.8, 4) is 0 Å². The molecule has 0 unspecified atom stereocenters. The highest BCUT2D eigenvalue weighted by Gasteiger charge is 2.03. The lowest BCUT2D eigenvalue weighted by atomic mass is 10.3. The molecule has 0 aliphatic rings. The maximum Gasteiger partial charge on any atom is 0.112 e. The number of fused-ring (bicyclic) bond motifs is 1. The van der Waals surface area contributed by atoms with Gasteiger partial charge in [-0.3, -0.25) is 9.97 Å². The van der Waals surface area contributed by atoms with Gasteiger partial charge in [-0.2, -0.15) is 0 Å². The van der Waals surface area contributed by atoms with Gasteiger partial charge >= 0.3 is 0 Å². The summed E-state index contributed by atoms with van der Waals surface area (Å²) in [6.45, 7) is 1.67. The smallest absolute Gasteiger partial charge is 0.112 e. The van der Waals surface area contributed by atoms with Crippen LogP contribution in [0.4, 0.5) is 5.69 Å². The Bertz CT molecular complexity index is 681. The van der Waals surface area contributed by atoms with Gasteiger partial charge in [0.05, 0.1) is 17.5 Å². The summed E-state index contributed by atoms with van der Waals surface area (Å²) < 4.78 is 2.96. The molecule has 0 saturated carbocycles. The van der Waals surface area contributed by atoms with Gasteiger partial charge in [0.25, 0.3) is 0 Å². The number of imidazole rings is 1. The first-order valence-electron chi connectivity index (χ1n) is 5.93. The summed E-state index contributed by atoms with van der Waals surface area (Å²) >= 11 is 3.40. The molecular formula is C13H12BrN5. The Morgan fingerprint density at radius 2 is 2.21 bits per heavy atom. The minimum Gasteiger partial charge on any atom is -0.381 e. The zero-order valence-corrected chi connectivity index (χ0v) is 11.7. The van der Waals surface area contributed by atoms with E-state index in [4.69, 9.17) is 0 Å². The van der Waals surface area contributed by atoms with Gasteiger partial charge in [-0.25, -0.2) is 4.98 Å². The summed E-state index contributed by atoms with van der Waals surface area (Å²) in [5.41, 5.74) is 2.76. The van der Waals surface area contributed by atoms with Crippen LogP contribution in [-0.2, 0) is 6.54 Å². The molecule has 6 heteroatoms. The molecule has 0 bridgehead atoms. The lowest BCUT2D eigenvalue weighted by Gasteiger charge is -2.09. The Hall–Kier alpha value is -1.95. The maximum atomic E-state index is 4.41. The fourth-order valence-corrected chi connectivity index (χ4v) is 2.21. The van der Waals surface area contributed by atoms with Crippen LogP contribution in [0.15, 0.2) is 47.7 Å². The Balaban J connectivity index is 1.77. The topological polar surface area (TPSA) is 55.6 Å². The number of aromatic nitrogens is 4. The molecule has 3 rings (SSSR count). The predicted molar refractivity (Wildman–Crippen MR) is 78.0 cm³/mol. The van der Waals surface area contributed by atoms with Crippen molar-refractivity contribution in [3.63, 3.8) is 0 Å². The van der Waals surface area contributed by atoms with E-state index in [1.54, 1.807) is 18.6 Å². The van der Waals surface area contributed by atoms with E-state index in [0.29, 0.717) is 0 Å². The highest BCUT2D eigenvalue weighted by Crippen LogP contribution is 2.21. The van der Waals surface area contributed by atoms with Gasteiger partial charge in [-0.15, -0.1) is 0 Å². The average Bonchev–Trinajstić information content (AvgIpc) is 2.92. The van der Waals surface area contributed by atoms with Crippen LogP contribution in [0.2, 0.25) is 0 Å². The maximum absolute atomic E-state index is 4.41. The third kappa shape index (κ3) is 2.73. The number of nitrogens with one attached hydrogen (secondary N) is 1. The second-order valence-electron chi connectivity index (χ2n) is 4.11. The summed E-state index contributed by atoms with van der Waals surface area (Å²) in [7, 11) is 0. The molecule has 0 saturated heterocycles. The van der Waals surface area contributed by atoms with Gasteiger partial charge in [0.1, 0.15) is 5.52 Å². The van der Waals surface area contributed by atoms with Crippen LogP contribution in [0.3, 0.4) is 0 Å². The SMILES string of the molecule is Brc1cnc2c(NCCn3ccnc3)ccnc2c1. The Kier molecular flexibility index (Phi) is 3.41. The molecule has 0 amide bonds. The molecule has 0 spiro atoms. The fraction of sp³-hybridized carbons (Fsp3) is 0.154. The van der Waals surface area contributed by atoms with E-state index in [9.17, 15) is 0 Å². The summed E-state index contributed by atoms with van der Waals surface area (Å²) in [5.74, 6) is 0. The van der Waals surface area contributed by atoms with E-state index in [1.807, 2.05) is 29.2 Å². The number of nitrogens with zero attached hydrogens (tertiary/aromatic N) is 4. The summed E-state index contributed by atoms with van der Waals surface area (Å²) in [6.07, 6.45) is 9.10. The van der Waals surface area contributed by atoms with Crippen LogP contribution in [0.5, 0.6) is 0 Å². The van der Waals surface area contributed by atoms with Crippen molar-refractivity contribution in [2.75, 3.05) is 11.9 Å². The molecule has 19 heavy (non-hydrogen) atoms. The Labute approximate surface area is 118 Å². The van der Waals surface area contributed by atoms with Crippen molar-refractivity contribution in [3.05, 3.63) is 47.7 Å². The van der Waals surface area contributed by atoms with Crippen LogP contribution in [0, 0.1) is 0 Å². The van der Waals surface area contributed by atoms with Crippen molar-refractivity contribution in [2.45, 2.75) is 6.54 Å². The van der Waals surface area contributed by atoms with Gasteiger partial charge < -0.3 is 9.88 Å². The summed E-state index contributed by atoms with van der Waals surface area (Å²) in [4.78, 5) is 12.7. The Morgan fingerprint density at radius 3 is 3.05 bits per heavy atom. The van der Waals surface area contributed by atoms with Crippen LogP contribution in [0.1, 0.15) is 0 Å². The molecular weight excluding hydrogens is 306 g/mol. The van der Waals surface area contributed by atoms with Gasteiger partial charge in [-0.05, 0) is 28.1 Å². The first-order chi connectivity index (χ1) is 9.33. The molecule has 3 aromatic rings. The molecule has 0 aliphatic carbocycles. The van der Waals surface area contributed by atoms with E-state index < -0.39 is 0 Å². The third-order valence-corrected chi connectivity index (χ3v) is 3.22. The zero-order valence-electron chi connectivity index (χ0n) is 10.1. The quantitative estimate of drug-likeness (QED) is 0.803. The van der Waals surface area contributed by atoms with Gasteiger partial charge in [-0.1, -0.05) is 0 Å². The van der Waals surface area contributed by atoms with E-state index in [1.165, 1.54) is 0 Å². The Morgan fingerprint density at radius 1 is 1.26 bits per heavy atom. The number of rotatable bonds is 4. The summed E-state index contributed by atoms with van der Waals surface area (Å²) in [6, 6.07) is 3.90. The predicted octanol–water partition coefficient (Wildman–Crippen LogP) is 2.70. The minimum atomic E-state index is 0.813. The zero-order chi connectivity index (χ0) is 13.1. The normalized spacial score (nSPS) is 10.8. The van der Waals surface area contributed by atoms with E-state index >= 15 is 0 Å². The molecule has 3 heterocycles. The standard InChI is InChI=1S/C13H12BrN5/c14-10-7-12-13(18-8-10)11(1-2-16-12)17-4-6-19-5-3-15-9-19/h1-3,5,7-9H,4,6H2,(H,16,17). The van der Waals surface area contributed by atoms with Gasteiger partial charge in [0, 0.05) is 42.3 Å². The molecule has 0 atom stereocenters. The largest absolute Gasteiger partial charge is 0.381 e. The van der Waals surface area contributed by atoms with Crippen molar-refractivity contribution in [1.82, 2.24) is 19.5 Å². The highest BCUT2D eigenvalue weighted by atomic mass is 79.9. The van der Waals surface area contributed by atoms with Gasteiger partial charge in [0.15, 0.2) is 0 Å². The average molecular weight is 318 g/mol. The molecule has 1 N–H and O–H groups in total. The van der Waals surface area contributed by atoms with E-state index in [-0.39, 0.29) is 0 Å². The van der Waals surface area contributed by atoms with Gasteiger partial charge in [0.2, 0.25) is 0 Å². The lowest BCUT2D eigenvalue weighted by Crippen LogP contribution is -2.09. The minimum absolute atomic E-state index is 0.813. The van der Waals surface area contributed by atoms with Crippen LogP contribution < -0.4 is 5.32 Å². The summed E-state index contributed by atoms with van der Waals surface area (Å²) in [5, 5.41) is 3.38. The fourth-order valence-electron chi connectivity index (χ4n) is 1.89. The molecule has 0 radical (unpaired) electrons. The monoisotopic (exact) mass is 317 g/mol. The van der Waals surface area contributed by atoms with Crippen LogP contribution >= 0.6 is 15.9 Å². The number of hydrogen-bond acceptors (Lipinski definition) is 4. The number of pyridine rings is 2. The molecule has 0 fully saturated rings. The molecule has 96 valence electrons. The van der Waals surface area contributed by atoms with E-state index in [2.05, 4.69) is 36.2 Å². The van der Waals surface area contributed by atoms with Crippen molar-refractivity contribution >= 4 is 32.7 Å². The lowest BCUT2D eigenvalue weighted by molar-refractivity contribution is 0.727. The number of hydrogen-bond donors (Lipinski definition) is 1. The van der Waals surface area contributed by atoms with E-state index in [0.717, 1.165) is 34.3 Å².